The van der Waals surface area contributed by atoms with Crippen LogP contribution >= 0.6 is 0 Å². The molecule has 25 heavy (non-hydrogen) atoms. The third kappa shape index (κ3) is 3.33. The fraction of sp³-hybridized carbons (Fsp3) is 0.429. The highest BCUT2D eigenvalue weighted by molar-refractivity contribution is 5.30. The first-order valence-corrected chi connectivity index (χ1v) is 9.00. The summed E-state index contributed by atoms with van der Waals surface area (Å²) in [4.78, 5) is 2.44. The predicted molar refractivity (Wildman–Crippen MR) is 93.3 cm³/mol. The highest BCUT2D eigenvalue weighted by Crippen LogP contribution is 2.39. The number of piperidine rings is 1. The largest absolute Gasteiger partial charge is 0.364 e. The van der Waals surface area contributed by atoms with Gasteiger partial charge in [-0.1, -0.05) is 30.7 Å². The van der Waals surface area contributed by atoms with Crippen LogP contribution in [0.15, 0.2) is 48.5 Å². The van der Waals surface area contributed by atoms with Crippen molar-refractivity contribution in [3.8, 4) is 0 Å². The second-order valence-electron chi connectivity index (χ2n) is 7.21. The Morgan fingerprint density at radius 3 is 2.00 bits per heavy atom. The lowest BCUT2D eigenvalue weighted by Crippen LogP contribution is -2.39. The molecule has 2 fully saturated rings. The maximum absolute atomic E-state index is 13.3. The zero-order chi connectivity index (χ0) is 17.4. The normalized spacial score (nSPS) is 26.3. The van der Waals surface area contributed by atoms with E-state index < -0.39 is 0 Å². The van der Waals surface area contributed by atoms with E-state index in [1.807, 2.05) is 0 Å². The lowest BCUT2D eigenvalue weighted by Gasteiger charge is -2.33. The summed E-state index contributed by atoms with van der Waals surface area (Å²) in [5.41, 5.74) is 1.80. The number of likely N-dealkylation sites (N-methyl/N-ethyl adjacent to an activating group) is 1. The first-order chi connectivity index (χ1) is 12.1. The van der Waals surface area contributed by atoms with Gasteiger partial charge in [0.15, 0.2) is 0 Å². The van der Waals surface area contributed by atoms with Gasteiger partial charge in [-0.3, -0.25) is 4.90 Å². The summed E-state index contributed by atoms with van der Waals surface area (Å²) >= 11 is 0. The van der Waals surface area contributed by atoms with Crippen molar-refractivity contribution in [2.24, 2.45) is 0 Å². The third-order valence-electron chi connectivity index (χ3n) is 5.73. The van der Waals surface area contributed by atoms with Crippen molar-refractivity contribution in [2.45, 2.75) is 50.0 Å². The minimum Gasteiger partial charge on any atom is -0.364 e. The van der Waals surface area contributed by atoms with Crippen LogP contribution in [0.2, 0.25) is 0 Å². The Balaban J connectivity index is 1.63. The van der Waals surface area contributed by atoms with Crippen LogP contribution in [0.25, 0.3) is 0 Å². The molecule has 0 aliphatic carbocycles. The zero-order valence-electron chi connectivity index (χ0n) is 14.4. The van der Waals surface area contributed by atoms with E-state index in [4.69, 9.17) is 4.74 Å². The molecule has 0 N–H and O–H groups in total. The van der Waals surface area contributed by atoms with Gasteiger partial charge in [0.25, 0.3) is 0 Å². The fourth-order valence-electron chi connectivity index (χ4n) is 4.34. The minimum absolute atomic E-state index is 0.151. The molecule has 2 aromatic rings. The number of hydrogen-bond donors (Lipinski definition) is 0. The SMILES string of the molecule is CN1[C@H]2CCC[C@@H]1[C@@H](OC(c1ccc(F)cc1)c1ccc(F)cc1)C2. The Bertz CT molecular complexity index is 670. The average Bonchev–Trinajstić information content (AvgIpc) is 2.79. The summed E-state index contributed by atoms with van der Waals surface area (Å²) in [6, 6.07) is 13.9. The van der Waals surface area contributed by atoms with Crippen molar-refractivity contribution >= 4 is 0 Å². The van der Waals surface area contributed by atoms with E-state index >= 15 is 0 Å². The highest BCUT2D eigenvalue weighted by Gasteiger charge is 2.43. The summed E-state index contributed by atoms with van der Waals surface area (Å²) in [6.45, 7) is 0. The van der Waals surface area contributed by atoms with Gasteiger partial charge in [0.1, 0.15) is 17.7 Å². The Morgan fingerprint density at radius 2 is 1.48 bits per heavy atom. The average molecular weight is 343 g/mol. The molecule has 4 rings (SSSR count). The molecule has 0 aromatic heterocycles. The van der Waals surface area contributed by atoms with E-state index in [9.17, 15) is 8.78 Å². The molecule has 2 heterocycles. The lowest BCUT2D eigenvalue weighted by molar-refractivity contribution is -0.0126. The molecule has 2 saturated heterocycles. The first-order valence-electron chi connectivity index (χ1n) is 9.00. The lowest BCUT2D eigenvalue weighted by atomic mass is 10.00. The van der Waals surface area contributed by atoms with Crippen molar-refractivity contribution in [3.05, 3.63) is 71.3 Å². The summed E-state index contributed by atoms with van der Waals surface area (Å²) in [6.07, 6.45) is 4.50. The molecule has 4 heteroatoms. The number of nitrogens with zero attached hydrogens (tertiary/aromatic N) is 1. The molecule has 2 aliphatic rings. The van der Waals surface area contributed by atoms with Gasteiger partial charge in [0, 0.05) is 12.1 Å². The van der Waals surface area contributed by atoms with Gasteiger partial charge in [0.2, 0.25) is 0 Å². The van der Waals surface area contributed by atoms with Gasteiger partial charge in [-0.05, 0) is 61.7 Å². The molecule has 3 atom stereocenters. The van der Waals surface area contributed by atoms with Crippen molar-refractivity contribution in [1.82, 2.24) is 4.90 Å². The molecule has 2 nitrogen and oxygen atoms in total. The molecule has 0 radical (unpaired) electrons. The number of ether oxygens (including phenoxy) is 1. The second-order valence-corrected chi connectivity index (χ2v) is 7.21. The number of benzene rings is 2. The van der Waals surface area contributed by atoms with Crippen LogP contribution < -0.4 is 0 Å². The topological polar surface area (TPSA) is 12.5 Å². The second kappa shape index (κ2) is 6.85. The van der Waals surface area contributed by atoms with Gasteiger partial charge < -0.3 is 4.74 Å². The fourth-order valence-corrected chi connectivity index (χ4v) is 4.34. The van der Waals surface area contributed by atoms with E-state index in [1.165, 1.54) is 37.1 Å². The smallest absolute Gasteiger partial charge is 0.123 e. The van der Waals surface area contributed by atoms with E-state index in [0.717, 1.165) is 24.0 Å². The third-order valence-corrected chi connectivity index (χ3v) is 5.73. The van der Waals surface area contributed by atoms with E-state index in [2.05, 4.69) is 11.9 Å². The maximum atomic E-state index is 13.3. The monoisotopic (exact) mass is 343 g/mol. The molecule has 2 bridgehead atoms. The Labute approximate surface area is 147 Å². The summed E-state index contributed by atoms with van der Waals surface area (Å²) in [5, 5.41) is 0. The van der Waals surface area contributed by atoms with Gasteiger partial charge in [-0.15, -0.1) is 0 Å². The van der Waals surface area contributed by atoms with Crippen LogP contribution in [0, 0.1) is 11.6 Å². The van der Waals surface area contributed by atoms with Crippen LogP contribution in [-0.2, 0) is 4.74 Å². The van der Waals surface area contributed by atoms with Crippen LogP contribution in [-0.4, -0.2) is 30.1 Å². The van der Waals surface area contributed by atoms with E-state index in [1.54, 1.807) is 24.3 Å². The molecule has 2 aromatic carbocycles. The predicted octanol–water partition coefficient (Wildman–Crippen LogP) is 4.70. The molecule has 0 spiro atoms. The minimum atomic E-state index is -0.307. The highest BCUT2D eigenvalue weighted by atomic mass is 19.1. The summed E-state index contributed by atoms with van der Waals surface area (Å²) in [5.74, 6) is -0.531. The first kappa shape index (κ1) is 16.7. The summed E-state index contributed by atoms with van der Waals surface area (Å²) in [7, 11) is 2.18. The molecule has 0 saturated carbocycles. The molecular formula is C21H23F2NO. The quantitative estimate of drug-likeness (QED) is 0.798. The van der Waals surface area contributed by atoms with Crippen molar-refractivity contribution in [1.29, 1.82) is 0 Å². The Kier molecular flexibility index (Phi) is 4.57. The summed E-state index contributed by atoms with van der Waals surface area (Å²) < 4.78 is 33.2. The maximum Gasteiger partial charge on any atom is 0.123 e. The zero-order valence-corrected chi connectivity index (χ0v) is 14.4. The van der Waals surface area contributed by atoms with Gasteiger partial charge >= 0.3 is 0 Å². The van der Waals surface area contributed by atoms with Crippen molar-refractivity contribution < 1.29 is 13.5 Å². The van der Waals surface area contributed by atoms with Crippen LogP contribution in [0.4, 0.5) is 8.78 Å². The van der Waals surface area contributed by atoms with E-state index in [-0.39, 0.29) is 23.8 Å². The molecule has 0 unspecified atom stereocenters. The number of rotatable bonds is 4. The van der Waals surface area contributed by atoms with Crippen molar-refractivity contribution in [2.75, 3.05) is 7.05 Å². The molecular weight excluding hydrogens is 320 g/mol. The number of fused-ring (bicyclic) bond motifs is 2. The Morgan fingerprint density at radius 1 is 0.920 bits per heavy atom. The standard InChI is InChI=1S/C21H23F2NO/c1-24-18-3-2-4-19(24)20(13-18)25-21(14-5-9-16(22)10-6-14)15-7-11-17(23)12-8-15/h5-12,18-21H,2-4,13H2,1H3/t18-,19+,20-/m0/s1. The van der Waals surface area contributed by atoms with Crippen LogP contribution in [0.3, 0.4) is 0 Å². The van der Waals surface area contributed by atoms with Gasteiger partial charge in [-0.2, -0.15) is 0 Å². The van der Waals surface area contributed by atoms with Gasteiger partial charge in [-0.25, -0.2) is 8.78 Å². The van der Waals surface area contributed by atoms with Crippen LogP contribution in [0.5, 0.6) is 0 Å². The van der Waals surface area contributed by atoms with Gasteiger partial charge in [0.05, 0.1) is 6.10 Å². The van der Waals surface area contributed by atoms with Crippen LogP contribution in [0.1, 0.15) is 42.9 Å². The number of halogens is 2. The molecule has 2 aliphatic heterocycles. The van der Waals surface area contributed by atoms with E-state index in [0.29, 0.717) is 12.1 Å². The number of hydrogen-bond acceptors (Lipinski definition) is 2. The van der Waals surface area contributed by atoms with Crippen molar-refractivity contribution in [3.63, 3.8) is 0 Å². The Hall–Kier alpha value is -1.78. The molecule has 0 amide bonds. The molecule has 132 valence electrons.